The molecule has 2 aromatic carbocycles. The van der Waals surface area contributed by atoms with E-state index in [1.807, 2.05) is 12.1 Å². The Balaban J connectivity index is 1.33. The van der Waals surface area contributed by atoms with E-state index in [0.717, 1.165) is 30.5 Å². The number of halogens is 3. The van der Waals surface area contributed by atoms with Crippen LogP contribution in [0.4, 0.5) is 18.9 Å². The fourth-order valence-electron chi connectivity index (χ4n) is 3.83. The van der Waals surface area contributed by atoms with Crippen molar-refractivity contribution in [2.24, 2.45) is 0 Å². The number of nitrogens with zero attached hydrogens (tertiary/aromatic N) is 2. The molecule has 0 unspecified atom stereocenters. The van der Waals surface area contributed by atoms with Crippen molar-refractivity contribution in [2.75, 3.05) is 5.32 Å². The molecule has 0 spiro atoms. The number of amides is 1. The highest BCUT2D eigenvalue weighted by Crippen LogP contribution is 2.43. The SMILES string of the molecule is CC(C)(Oc1ccc(CCCC(=O)Nc2cnc(-c3ccc(C(F)(F)F)cc3)nc2C2CC2)cc1)C(=O)O. The van der Waals surface area contributed by atoms with Gasteiger partial charge in [0.05, 0.1) is 23.1 Å². The van der Waals surface area contributed by atoms with E-state index >= 15 is 0 Å². The Morgan fingerprint density at radius 3 is 2.29 bits per heavy atom. The van der Waals surface area contributed by atoms with Crippen molar-refractivity contribution in [3.8, 4) is 17.1 Å². The van der Waals surface area contributed by atoms with Crippen molar-refractivity contribution in [2.45, 2.75) is 63.6 Å². The molecule has 1 heterocycles. The van der Waals surface area contributed by atoms with E-state index in [-0.39, 0.29) is 18.2 Å². The predicted octanol–water partition coefficient (Wildman–Crippen LogP) is 6.24. The maximum Gasteiger partial charge on any atom is 0.416 e. The number of carboxylic acids is 1. The molecular formula is C28H28F3N3O4. The van der Waals surface area contributed by atoms with E-state index in [0.29, 0.717) is 41.4 Å². The third-order valence-electron chi connectivity index (χ3n) is 6.21. The molecule has 1 saturated carbocycles. The monoisotopic (exact) mass is 527 g/mol. The third kappa shape index (κ3) is 6.87. The molecule has 38 heavy (non-hydrogen) atoms. The number of anilines is 1. The number of aromatic nitrogens is 2. The Bertz CT molecular complexity index is 1300. The molecule has 7 nitrogen and oxygen atoms in total. The van der Waals surface area contributed by atoms with Crippen molar-refractivity contribution >= 4 is 17.6 Å². The molecule has 1 amide bonds. The quantitative estimate of drug-likeness (QED) is 0.324. The normalized spacial score (nSPS) is 13.7. The predicted molar refractivity (Wildman–Crippen MR) is 135 cm³/mol. The summed E-state index contributed by atoms with van der Waals surface area (Å²) in [6.07, 6.45) is 0.470. The van der Waals surface area contributed by atoms with Gasteiger partial charge in [-0.15, -0.1) is 0 Å². The highest BCUT2D eigenvalue weighted by molar-refractivity contribution is 5.91. The largest absolute Gasteiger partial charge is 0.478 e. The summed E-state index contributed by atoms with van der Waals surface area (Å²) in [5.74, 6) is -0.282. The summed E-state index contributed by atoms with van der Waals surface area (Å²) in [7, 11) is 0. The fraction of sp³-hybridized carbons (Fsp3) is 0.357. The lowest BCUT2D eigenvalue weighted by Crippen LogP contribution is -2.37. The molecule has 1 aromatic heterocycles. The standard InChI is InChI=1S/C28H28F3N3O4/c1-27(2,26(36)37)38-21-14-6-17(7-15-21)4-3-5-23(35)33-22-16-32-25(34-24(22)18-8-9-18)19-10-12-20(13-11-19)28(29,30)31/h6-7,10-16,18H,3-5,8-9H2,1-2H3,(H,33,35)(H,36,37). The van der Waals surface area contributed by atoms with Gasteiger partial charge >= 0.3 is 12.1 Å². The topological polar surface area (TPSA) is 101 Å². The van der Waals surface area contributed by atoms with Gasteiger partial charge in [0.2, 0.25) is 5.91 Å². The number of hydrogen-bond donors (Lipinski definition) is 2. The average molecular weight is 528 g/mol. The first kappa shape index (κ1) is 27.1. The molecule has 10 heteroatoms. The summed E-state index contributed by atoms with van der Waals surface area (Å²) in [4.78, 5) is 32.7. The third-order valence-corrected chi connectivity index (χ3v) is 6.21. The minimum atomic E-state index is -4.41. The number of hydrogen-bond acceptors (Lipinski definition) is 5. The Kier molecular flexibility index (Phi) is 7.71. The summed E-state index contributed by atoms with van der Waals surface area (Å²) in [6, 6.07) is 11.8. The maximum absolute atomic E-state index is 12.9. The minimum Gasteiger partial charge on any atom is -0.478 e. The summed E-state index contributed by atoms with van der Waals surface area (Å²) in [5.41, 5.74) is 0.609. The Morgan fingerprint density at radius 1 is 1.05 bits per heavy atom. The molecule has 2 N–H and O–H groups in total. The number of benzene rings is 2. The zero-order valence-corrected chi connectivity index (χ0v) is 21.0. The van der Waals surface area contributed by atoms with Crippen LogP contribution in [-0.4, -0.2) is 32.6 Å². The van der Waals surface area contributed by atoms with Crippen LogP contribution < -0.4 is 10.1 Å². The van der Waals surface area contributed by atoms with Crippen molar-refractivity contribution in [1.82, 2.24) is 9.97 Å². The van der Waals surface area contributed by atoms with Gasteiger partial charge in [-0.25, -0.2) is 14.8 Å². The van der Waals surface area contributed by atoms with E-state index in [1.54, 1.807) is 12.1 Å². The first-order valence-electron chi connectivity index (χ1n) is 12.3. The van der Waals surface area contributed by atoms with E-state index in [4.69, 9.17) is 4.74 Å². The van der Waals surface area contributed by atoms with Gasteiger partial charge in [0.15, 0.2) is 11.4 Å². The first-order chi connectivity index (χ1) is 17.9. The van der Waals surface area contributed by atoms with Gasteiger partial charge in [0.1, 0.15) is 5.75 Å². The molecule has 0 aliphatic heterocycles. The van der Waals surface area contributed by atoms with Crippen molar-refractivity contribution in [1.29, 1.82) is 0 Å². The Morgan fingerprint density at radius 2 is 1.71 bits per heavy atom. The molecule has 0 atom stereocenters. The van der Waals surface area contributed by atoms with Crippen molar-refractivity contribution in [3.63, 3.8) is 0 Å². The number of alkyl halides is 3. The number of carbonyl (C=O) groups is 2. The van der Waals surface area contributed by atoms with Gasteiger partial charge in [0.25, 0.3) is 0 Å². The number of aliphatic carboxylic acids is 1. The second-order valence-corrected chi connectivity index (χ2v) is 9.81. The Labute approximate surface area is 218 Å². The van der Waals surface area contributed by atoms with Crippen molar-refractivity contribution in [3.05, 3.63) is 71.5 Å². The van der Waals surface area contributed by atoms with Gasteiger partial charge in [-0.1, -0.05) is 24.3 Å². The molecule has 0 radical (unpaired) electrons. The highest BCUT2D eigenvalue weighted by atomic mass is 19.4. The van der Waals surface area contributed by atoms with E-state index < -0.39 is 23.3 Å². The second-order valence-electron chi connectivity index (χ2n) is 9.81. The van der Waals surface area contributed by atoms with Gasteiger partial charge in [-0.2, -0.15) is 13.2 Å². The van der Waals surface area contributed by atoms with Crippen LogP contribution in [0.3, 0.4) is 0 Å². The molecule has 3 aromatic rings. The van der Waals surface area contributed by atoms with E-state index in [2.05, 4.69) is 15.3 Å². The van der Waals surface area contributed by atoms with Gasteiger partial charge in [-0.3, -0.25) is 4.79 Å². The summed E-state index contributed by atoms with van der Waals surface area (Å²) >= 11 is 0. The molecular weight excluding hydrogens is 499 g/mol. The summed E-state index contributed by atoms with van der Waals surface area (Å²) in [6.45, 7) is 2.95. The number of aryl methyl sites for hydroxylation is 1. The molecule has 1 fully saturated rings. The maximum atomic E-state index is 12.9. The first-order valence-corrected chi connectivity index (χ1v) is 12.3. The lowest BCUT2D eigenvalue weighted by atomic mass is 10.1. The van der Waals surface area contributed by atoms with Crippen molar-refractivity contribution < 1.29 is 32.6 Å². The zero-order valence-electron chi connectivity index (χ0n) is 21.0. The van der Waals surface area contributed by atoms with E-state index in [9.17, 15) is 27.9 Å². The number of ether oxygens (including phenoxy) is 1. The van der Waals surface area contributed by atoms with Crippen LogP contribution in [0, 0.1) is 0 Å². The molecule has 1 aliphatic rings. The van der Waals surface area contributed by atoms with Gasteiger partial charge < -0.3 is 15.2 Å². The average Bonchev–Trinajstić information content (AvgIpc) is 3.70. The van der Waals surface area contributed by atoms with Gasteiger partial charge in [0, 0.05) is 17.9 Å². The summed E-state index contributed by atoms with van der Waals surface area (Å²) < 4.78 is 44.1. The highest BCUT2D eigenvalue weighted by Gasteiger charge is 2.31. The molecule has 0 saturated heterocycles. The van der Waals surface area contributed by atoms with Gasteiger partial charge in [-0.05, 0) is 69.4 Å². The van der Waals surface area contributed by atoms with Crippen LogP contribution in [0.1, 0.15) is 62.3 Å². The molecule has 4 rings (SSSR count). The van der Waals surface area contributed by atoms with E-state index in [1.165, 1.54) is 32.2 Å². The number of carbonyl (C=O) groups excluding carboxylic acids is 1. The van der Waals surface area contributed by atoms with Crippen LogP contribution in [0.15, 0.2) is 54.7 Å². The summed E-state index contributed by atoms with van der Waals surface area (Å²) in [5, 5.41) is 12.1. The van der Waals surface area contributed by atoms with Crippen LogP contribution in [0.5, 0.6) is 5.75 Å². The zero-order chi connectivity index (χ0) is 27.5. The second kappa shape index (κ2) is 10.8. The molecule has 1 aliphatic carbocycles. The fourth-order valence-corrected chi connectivity index (χ4v) is 3.83. The lowest BCUT2D eigenvalue weighted by Gasteiger charge is -2.21. The number of carboxylic acid groups (broad SMARTS) is 1. The molecule has 200 valence electrons. The Hall–Kier alpha value is -3.95. The smallest absolute Gasteiger partial charge is 0.416 e. The molecule has 0 bridgehead atoms. The lowest BCUT2D eigenvalue weighted by molar-refractivity contribution is -0.152. The number of nitrogens with one attached hydrogen (secondary N) is 1. The van der Waals surface area contributed by atoms with Crippen LogP contribution in [0.2, 0.25) is 0 Å². The van der Waals surface area contributed by atoms with Crippen LogP contribution in [0.25, 0.3) is 11.4 Å². The number of rotatable bonds is 10. The minimum absolute atomic E-state index is 0.180. The van der Waals surface area contributed by atoms with Crippen LogP contribution >= 0.6 is 0 Å². The van der Waals surface area contributed by atoms with Crippen LogP contribution in [-0.2, 0) is 22.2 Å².